The molecule has 1 aliphatic heterocycles. The molecule has 1 aliphatic rings. The maximum atomic E-state index is 12.6. The molecule has 2 amide bonds. The van der Waals surface area contributed by atoms with Gasteiger partial charge in [0, 0.05) is 23.1 Å². The van der Waals surface area contributed by atoms with Crippen LogP contribution in [0.1, 0.15) is 35.6 Å². The molecular formula is C20H26BrN5O2. The molecule has 8 heteroatoms. The molecule has 1 fully saturated rings. The number of rotatable bonds is 4. The molecule has 7 nitrogen and oxygen atoms in total. The average molecular weight is 448 g/mol. The normalized spacial score (nSPS) is 21.7. The molecule has 2 heterocycles. The van der Waals surface area contributed by atoms with E-state index >= 15 is 0 Å². The minimum absolute atomic E-state index is 0.0763. The second kappa shape index (κ2) is 8.46. The number of nitrogens with zero attached hydrogens (tertiary/aromatic N) is 1. The SMILES string of the molecule is Cc1cc(C(=O)NNC(=O)C2NNC(C(C)C)C2Br)c(C)n1-c1ccccc1. The Hall–Kier alpha value is -2.16. The molecule has 28 heavy (non-hydrogen) atoms. The fraction of sp³-hybridized carbons (Fsp3) is 0.400. The number of aromatic nitrogens is 1. The zero-order chi connectivity index (χ0) is 20.4. The van der Waals surface area contributed by atoms with Gasteiger partial charge >= 0.3 is 0 Å². The number of carbonyl (C=O) groups is 2. The van der Waals surface area contributed by atoms with Crippen LogP contribution in [0.25, 0.3) is 5.69 Å². The number of hydrogen-bond donors (Lipinski definition) is 4. The lowest BCUT2D eigenvalue weighted by Crippen LogP contribution is -2.52. The summed E-state index contributed by atoms with van der Waals surface area (Å²) < 4.78 is 2.01. The Morgan fingerprint density at radius 1 is 1.11 bits per heavy atom. The van der Waals surface area contributed by atoms with Crippen LogP contribution in [0.3, 0.4) is 0 Å². The lowest BCUT2D eigenvalue weighted by Gasteiger charge is -2.19. The molecule has 150 valence electrons. The Morgan fingerprint density at radius 3 is 2.39 bits per heavy atom. The summed E-state index contributed by atoms with van der Waals surface area (Å²) in [5.74, 6) is -0.295. The number of aryl methyl sites for hydroxylation is 1. The average Bonchev–Trinajstić information content (AvgIpc) is 3.19. The lowest BCUT2D eigenvalue weighted by molar-refractivity contribution is -0.123. The number of halogens is 1. The molecule has 0 radical (unpaired) electrons. The van der Waals surface area contributed by atoms with Crippen LogP contribution in [0.2, 0.25) is 0 Å². The van der Waals surface area contributed by atoms with Crippen molar-refractivity contribution in [1.29, 1.82) is 0 Å². The van der Waals surface area contributed by atoms with E-state index < -0.39 is 6.04 Å². The Balaban J connectivity index is 1.67. The molecule has 0 bridgehead atoms. The predicted molar refractivity (Wildman–Crippen MR) is 112 cm³/mol. The van der Waals surface area contributed by atoms with Crippen molar-refractivity contribution in [2.75, 3.05) is 0 Å². The van der Waals surface area contributed by atoms with Gasteiger partial charge in [-0.25, -0.2) is 5.43 Å². The Bertz CT molecular complexity index is 865. The van der Waals surface area contributed by atoms with Crippen LogP contribution >= 0.6 is 15.9 Å². The fourth-order valence-corrected chi connectivity index (χ4v) is 4.64. The quantitative estimate of drug-likeness (QED) is 0.427. The van der Waals surface area contributed by atoms with E-state index in [1.807, 2.05) is 54.8 Å². The number of amides is 2. The molecule has 0 saturated carbocycles. The first kappa shape index (κ1) is 20.6. The van der Waals surface area contributed by atoms with E-state index in [0.29, 0.717) is 11.5 Å². The molecule has 0 spiro atoms. The van der Waals surface area contributed by atoms with Gasteiger partial charge < -0.3 is 4.57 Å². The molecule has 1 aromatic carbocycles. The van der Waals surface area contributed by atoms with Gasteiger partial charge in [0.05, 0.1) is 10.4 Å². The third kappa shape index (κ3) is 3.99. The summed E-state index contributed by atoms with van der Waals surface area (Å²) in [7, 11) is 0. The third-order valence-electron chi connectivity index (χ3n) is 5.06. The number of hydrogen-bond acceptors (Lipinski definition) is 4. The van der Waals surface area contributed by atoms with Crippen LogP contribution in [-0.4, -0.2) is 33.3 Å². The molecular weight excluding hydrogens is 422 g/mol. The van der Waals surface area contributed by atoms with Gasteiger partial charge in [-0.05, 0) is 38.0 Å². The van der Waals surface area contributed by atoms with Crippen LogP contribution < -0.4 is 21.7 Å². The maximum absolute atomic E-state index is 12.6. The number of para-hydroxylation sites is 1. The van der Waals surface area contributed by atoms with Gasteiger partial charge in [0.1, 0.15) is 6.04 Å². The van der Waals surface area contributed by atoms with Crippen molar-refractivity contribution in [3.8, 4) is 5.69 Å². The van der Waals surface area contributed by atoms with E-state index in [9.17, 15) is 9.59 Å². The third-order valence-corrected chi connectivity index (χ3v) is 6.16. The van der Waals surface area contributed by atoms with Crippen LogP contribution in [0, 0.1) is 19.8 Å². The van der Waals surface area contributed by atoms with Crippen LogP contribution in [0.5, 0.6) is 0 Å². The molecule has 4 N–H and O–H groups in total. The summed E-state index contributed by atoms with van der Waals surface area (Å²) in [5, 5.41) is 0. The zero-order valence-electron chi connectivity index (χ0n) is 16.4. The van der Waals surface area contributed by atoms with Crippen molar-refractivity contribution >= 4 is 27.7 Å². The smallest absolute Gasteiger partial charge is 0.271 e. The minimum Gasteiger partial charge on any atom is -0.318 e. The van der Waals surface area contributed by atoms with E-state index in [0.717, 1.165) is 17.1 Å². The number of nitrogens with one attached hydrogen (secondary N) is 4. The second-order valence-corrected chi connectivity index (χ2v) is 8.44. The highest BCUT2D eigenvalue weighted by Crippen LogP contribution is 2.22. The summed E-state index contributed by atoms with van der Waals surface area (Å²) in [4.78, 5) is 25.0. The van der Waals surface area contributed by atoms with Crippen molar-refractivity contribution in [2.24, 2.45) is 5.92 Å². The number of carbonyl (C=O) groups excluding carboxylic acids is 2. The number of benzene rings is 1. The van der Waals surface area contributed by atoms with Crippen molar-refractivity contribution in [1.82, 2.24) is 26.3 Å². The summed E-state index contributed by atoms with van der Waals surface area (Å²) >= 11 is 3.57. The maximum Gasteiger partial charge on any atom is 0.271 e. The Labute approximate surface area is 173 Å². The molecule has 0 aliphatic carbocycles. The first-order valence-corrected chi connectivity index (χ1v) is 10.2. The Kier molecular flexibility index (Phi) is 6.22. The van der Waals surface area contributed by atoms with Crippen molar-refractivity contribution in [2.45, 2.75) is 44.6 Å². The standard InChI is InChI=1S/C20H26BrN5O2/c1-11(2)17-16(21)18(23-22-17)20(28)25-24-19(27)15-10-12(3)26(13(15)4)14-8-6-5-7-9-14/h5-11,16-18,22-23H,1-4H3,(H,24,27)(H,25,28). The highest BCUT2D eigenvalue weighted by atomic mass is 79.9. The highest BCUT2D eigenvalue weighted by molar-refractivity contribution is 9.09. The van der Waals surface area contributed by atoms with Gasteiger partial charge in [-0.15, -0.1) is 0 Å². The van der Waals surface area contributed by atoms with Crippen LogP contribution in [0.15, 0.2) is 36.4 Å². The van der Waals surface area contributed by atoms with Gasteiger partial charge in [-0.2, -0.15) is 0 Å². The van der Waals surface area contributed by atoms with Gasteiger partial charge in [0.15, 0.2) is 0 Å². The topological polar surface area (TPSA) is 87.2 Å². The summed E-state index contributed by atoms with van der Waals surface area (Å²) in [6.07, 6.45) is 0. The fourth-order valence-electron chi connectivity index (χ4n) is 3.53. The molecule has 3 rings (SSSR count). The predicted octanol–water partition coefficient (Wildman–Crippen LogP) is 2.12. The summed E-state index contributed by atoms with van der Waals surface area (Å²) in [6, 6.07) is 11.3. The van der Waals surface area contributed by atoms with Crippen molar-refractivity contribution in [3.05, 3.63) is 53.3 Å². The van der Waals surface area contributed by atoms with E-state index in [4.69, 9.17) is 0 Å². The lowest BCUT2D eigenvalue weighted by atomic mass is 9.99. The van der Waals surface area contributed by atoms with Crippen LogP contribution in [-0.2, 0) is 4.79 Å². The van der Waals surface area contributed by atoms with E-state index in [-0.39, 0.29) is 22.7 Å². The van der Waals surface area contributed by atoms with Gasteiger partial charge in [0.25, 0.3) is 11.8 Å². The number of alkyl halides is 1. The van der Waals surface area contributed by atoms with E-state index in [1.165, 1.54) is 0 Å². The summed E-state index contributed by atoms with van der Waals surface area (Å²) in [5.41, 5.74) is 14.4. The van der Waals surface area contributed by atoms with Gasteiger partial charge in [-0.3, -0.25) is 25.9 Å². The number of hydrazine groups is 2. The van der Waals surface area contributed by atoms with Crippen molar-refractivity contribution in [3.63, 3.8) is 0 Å². The minimum atomic E-state index is -0.482. The highest BCUT2D eigenvalue weighted by Gasteiger charge is 2.39. The second-order valence-electron chi connectivity index (χ2n) is 7.38. The molecule has 1 saturated heterocycles. The van der Waals surface area contributed by atoms with Gasteiger partial charge in [-0.1, -0.05) is 48.0 Å². The summed E-state index contributed by atoms with van der Waals surface area (Å²) in [6.45, 7) is 8.00. The van der Waals surface area contributed by atoms with Gasteiger partial charge in [0.2, 0.25) is 0 Å². The van der Waals surface area contributed by atoms with E-state index in [1.54, 1.807) is 0 Å². The van der Waals surface area contributed by atoms with Crippen LogP contribution in [0.4, 0.5) is 0 Å². The molecule has 2 aromatic rings. The zero-order valence-corrected chi connectivity index (χ0v) is 18.0. The first-order chi connectivity index (χ1) is 13.3. The monoisotopic (exact) mass is 447 g/mol. The largest absolute Gasteiger partial charge is 0.318 e. The van der Waals surface area contributed by atoms with E-state index in [2.05, 4.69) is 51.5 Å². The Morgan fingerprint density at radius 2 is 1.79 bits per heavy atom. The first-order valence-electron chi connectivity index (χ1n) is 9.31. The van der Waals surface area contributed by atoms with Crippen molar-refractivity contribution < 1.29 is 9.59 Å². The molecule has 3 unspecified atom stereocenters. The molecule has 1 aromatic heterocycles. The molecule has 3 atom stereocenters.